The fourth-order valence-corrected chi connectivity index (χ4v) is 2.34. The highest BCUT2D eigenvalue weighted by atomic mass is 16.3. The van der Waals surface area contributed by atoms with E-state index >= 15 is 0 Å². The van der Waals surface area contributed by atoms with Crippen LogP contribution in [0, 0.1) is 10.8 Å². The number of rotatable bonds is 13. The number of hydrogen-bond acceptors (Lipinski definition) is 4. The summed E-state index contributed by atoms with van der Waals surface area (Å²) < 4.78 is 0. The van der Waals surface area contributed by atoms with Gasteiger partial charge in [-0.15, -0.1) is 0 Å². The maximum absolute atomic E-state index is 9.96. The fraction of sp³-hybridized carbons (Fsp3) is 0.895. The van der Waals surface area contributed by atoms with E-state index in [1.54, 1.807) is 0 Å². The Labute approximate surface area is 142 Å². The first-order valence-corrected chi connectivity index (χ1v) is 8.87. The van der Waals surface area contributed by atoms with Crippen molar-refractivity contribution in [3.05, 3.63) is 12.2 Å². The third-order valence-electron chi connectivity index (χ3n) is 4.28. The molecule has 0 aromatic carbocycles. The molecule has 0 aliphatic carbocycles. The molecule has 0 aromatic heterocycles. The lowest BCUT2D eigenvalue weighted by Crippen LogP contribution is -2.17. The first-order chi connectivity index (χ1) is 10.6. The molecule has 0 rings (SSSR count). The molecule has 4 N–H and O–H groups in total. The maximum atomic E-state index is 9.96. The minimum Gasteiger partial charge on any atom is -0.396 e. The monoisotopic (exact) mass is 330 g/mol. The predicted molar refractivity (Wildman–Crippen MR) is 95.2 cm³/mol. The number of hydrogen-bond donors (Lipinski definition) is 4. The highest BCUT2D eigenvalue weighted by Crippen LogP contribution is 2.23. The Morgan fingerprint density at radius 1 is 0.826 bits per heavy atom. The molecule has 23 heavy (non-hydrogen) atoms. The molecule has 2 atom stereocenters. The zero-order valence-corrected chi connectivity index (χ0v) is 15.5. The molecule has 4 heteroatoms. The third-order valence-corrected chi connectivity index (χ3v) is 4.28. The Bertz CT molecular complexity index is 323. The molecular weight excluding hydrogens is 292 g/mol. The number of aliphatic hydroxyl groups is 4. The van der Waals surface area contributed by atoms with Gasteiger partial charge in [-0.05, 0) is 43.9 Å². The summed E-state index contributed by atoms with van der Waals surface area (Å²) in [5.41, 5.74) is -0.303. The highest BCUT2D eigenvalue weighted by molar-refractivity contribution is 4.95. The lowest BCUT2D eigenvalue weighted by molar-refractivity contribution is 0.113. The van der Waals surface area contributed by atoms with Crippen LogP contribution < -0.4 is 0 Å². The van der Waals surface area contributed by atoms with Crippen molar-refractivity contribution < 1.29 is 20.4 Å². The summed E-state index contributed by atoms with van der Waals surface area (Å²) in [6.07, 6.45) is 8.53. The van der Waals surface area contributed by atoms with Gasteiger partial charge in [0.15, 0.2) is 0 Å². The van der Waals surface area contributed by atoms with E-state index in [9.17, 15) is 15.3 Å². The summed E-state index contributed by atoms with van der Waals surface area (Å²) in [4.78, 5) is 0. The molecule has 0 saturated heterocycles. The molecule has 4 nitrogen and oxygen atoms in total. The molecule has 0 aliphatic rings. The van der Waals surface area contributed by atoms with Crippen molar-refractivity contribution in [2.45, 2.75) is 84.8 Å². The van der Waals surface area contributed by atoms with E-state index < -0.39 is 0 Å². The normalized spacial score (nSPS) is 16.0. The molecule has 138 valence electrons. The van der Waals surface area contributed by atoms with Gasteiger partial charge in [0.2, 0.25) is 0 Å². The molecule has 0 bridgehead atoms. The van der Waals surface area contributed by atoms with Crippen molar-refractivity contribution in [1.29, 1.82) is 0 Å². The van der Waals surface area contributed by atoms with Crippen molar-refractivity contribution in [3.63, 3.8) is 0 Å². The molecule has 0 spiro atoms. The Morgan fingerprint density at radius 3 is 1.96 bits per heavy atom. The summed E-state index contributed by atoms with van der Waals surface area (Å²) in [6, 6.07) is 0. The van der Waals surface area contributed by atoms with Gasteiger partial charge >= 0.3 is 0 Å². The molecule has 0 fully saturated rings. The quantitative estimate of drug-likeness (QED) is 0.391. The average Bonchev–Trinajstić information content (AvgIpc) is 2.47. The molecular formula is C19H38O4. The lowest BCUT2D eigenvalue weighted by atomic mass is 9.87. The summed E-state index contributed by atoms with van der Waals surface area (Å²) in [5, 5.41) is 38.2. The summed E-state index contributed by atoms with van der Waals surface area (Å²) >= 11 is 0. The molecule has 0 radical (unpaired) electrons. The molecule has 0 aromatic rings. The van der Waals surface area contributed by atoms with E-state index in [-0.39, 0.29) is 36.3 Å². The first kappa shape index (κ1) is 22.6. The second kappa shape index (κ2) is 11.2. The Balaban J connectivity index is 3.77. The largest absolute Gasteiger partial charge is 0.396 e. The maximum Gasteiger partial charge on any atom is 0.0574 e. The van der Waals surface area contributed by atoms with Gasteiger partial charge in [-0.25, -0.2) is 0 Å². The van der Waals surface area contributed by atoms with Crippen molar-refractivity contribution in [2.24, 2.45) is 10.8 Å². The van der Waals surface area contributed by atoms with E-state index in [0.717, 1.165) is 25.7 Å². The van der Waals surface area contributed by atoms with E-state index in [2.05, 4.69) is 0 Å². The Morgan fingerprint density at radius 2 is 1.39 bits per heavy atom. The van der Waals surface area contributed by atoms with Gasteiger partial charge in [-0.1, -0.05) is 46.3 Å². The van der Waals surface area contributed by atoms with Crippen molar-refractivity contribution in [3.8, 4) is 0 Å². The van der Waals surface area contributed by atoms with Crippen LogP contribution in [0.4, 0.5) is 0 Å². The van der Waals surface area contributed by atoms with Gasteiger partial charge in [-0.2, -0.15) is 0 Å². The van der Waals surface area contributed by atoms with Crippen molar-refractivity contribution in [1.82, 2.24) is 0 Å². The van der Waals surface area contributed by atoms with Crippen molar-refractivity contribution >= 4 is 0 Å². The Kier molecular flexibility index (Phi) is 11.0. The minimum atomic E-state index is -0.388. The Hall–Kier alpha value is -0.420. The first-order valence-electron chi connectivity index (χ1n) is 8.87. The molecule has 2 unspecified atom stereocenters. The zero-order valence-electron chi connectivity index (χ0n) is 15.5. The molecule has 0 saturated carbocycles. The highest BCUT2D eigenvalue weighted by Gasteiger charge is 2.17. The SMILES string of the molecule is CC(C)(C=CCC(O)CCCC(O)CCCC(C)(C)CO)CO. The summed E-state index contributed by atoms with van der Waals surface area (Å²) in [5.74, 6) is 0. The molecule has 0 heterocycles. The van der Waals surface area contributed by atoms with Gasteiger partial charge in [0.25, 0.3) is 0 Å². The van der Waals surface area contributed by atoms with E-state index in [0.29, 0.717) is 19.3 Å². The van der Waals surface area contributed by atoms with Crippen LogP contribution in [0.2, 0.25) is 0 Å². The standard InChI is InChI=1S/C19H38O4/c1-18(2,14-20)12-6-10-16(22)8-5-9-17(23)11-7-13-19(3,4)15-21/h6,12,16-17,20-23H,5,7-11,13-15H2,1-4H3. The summed E-state index contributed by atoms with van der Waals surface area (Å²) in [6.45, 7) is 8.23. The van der Waals surface area contributed by atoms with Crippen LogP contribution in [0.15, 0.2) is 12.2 Å². The van der Waals surface area contributed by atoms with Gasteiger partial charge < -0.3 is 20.4 Å². The van der Waals surface area contributed by atoms with E-state index in [1.807, 2.05) is 39.8 Å². The van der Waals surface area contributed by atoms with Crippen LogP contribution in [0.25, 0.3) is 0 Å². The van der Waals surface area contributed by atoms with Crippen LogP contribution in [-0.2, 0) is 0 Å². The van der Waals surface area contributed by atoms with Crippen LogP contribution in [-0.4, -0.2) is 45.8 Å². The second-order valence-corrected chi connectivity index (χ2v) is 8.24. The average molecular weight is 331 g/mol. The topological polar surface area (TPSA) is 80.9 Å². The van der Waals surface area contributed by atoms with Crippen LogP contribution >= 0.6 is 0 Å². The van der Waals surface area contributed by atoms with Gasteiger partial charge in [0.1, 0.15) is 0 Å². The van der Waals surface area contributed by atoms with E-state index in [1.165, 1.54) is 0 Å². The second-order valence-electron chi connectivity index (χ2n) is 8.24. The number of aliphatic hydroxyl groups excluding tert-OH is 4. The van der Waals surface area contributed by atoms with Crippen LogP contribution in [0.1, 0.15) is 72.6 Å². The van der Waals surface area contributed by atoms with Crippen molar-refractivity contribution in [2.75, 3.05) is 13.2 Å². The van der Waals surface area contributed by atoms with Gasteiger partial charge in [-0.3, -0.25) is 0 Å². The molecule has 0 aliphatic heterocycles. The zero-order chi connectivity index (χ0) is 17.9. The van der Waals surface area contributed by atoms with Gasteiger partial charge in [0.05, 0.1) is 18.8 Å². The fourth-order valence-electron chi connectivity index (χ4n) is 2.34. The van der Waals surface area contributed by atoms with Gasteiger partial charge in [0, 0.05) is 12.0 Å². The minimum absolute atomic E-state index is 0.0649. The smallest absolute Gasteiger partial charge is 0.0574 e. The lowest BCUT2D eigenvalue weighted by Gasteiger charge is -2.22. The predicted octanol–water partition coefficient (Wildman–Crippen LogP) is 3.03. The summed E-state index contributed by atoms with van der Waals surface area (Å²) in [7, 11) is 0. The van der Waals surface area contributed by atoms with Crippen LogP contribution in [0.5, 0.6) is 0 Å². The molecule has 0 amide bonds. The third kappa shape index (κ3) is 12.6. The van der Waals surface area contributed by atoms with E-state index in [4.69, 9.17) is 5.11 Å². The van der Waals surface area contributed by atoms with Crippen LogP contribution in [0.3, 0.4) is 0 Å².